The third-order valence-corrected chi connectivity index (χ3v) is 6.39. The van der Waals surface area contributed by atoms with E-state index in [1.54, 1.807) is 35.2 Å². The number of imide groups is 1. The lowest BCUT2D eigenvalue weighted by Crippen LogP contribution is -2.49. The van der Waals surface area contributed by atoms with Gasteiger partial charge in [-0.15, -0.1) is 0 Å². The highest BCUT2D eigenvalue weighted by molar-refractivity contribution is 6.31. The van der Waals surface area contributed by atoms with Crippen LogP contribution in [0.15, 0.2) is 48.5 Å². The molecule has 1 aliphatic heterocycles. The minimum absolute atomic E-state index is 0.0891. The van der Waals surface area contributed by atoms with Gasteiger partial charge in [-0.2, -0.15) is 0 Å². The standard InChI is InChI=1S/C27H32ClN3O4/c1-4-23(25(33)29-16-18(2)3)31(17-19-10-5-8-13-22(19)28)24(32)14-9-15-30-26(34)20-11-6-7-12-21(20)27(30)35/h5-8,10-13,18,23H,4,9,14-17H2,1-3H3,(H,29,33)/t23-/m1/s1. The van der Waals surface area contributed by atoms with Crippen LogP contribution in [-0.4, -0.2) is 52.6 Å². The summed E-state index contributed by atoms with van der Waals surface area (Å²) in [6, 6.07) is 13.3. The fourth-order valence-electron chi connectivity index (χ4n) is 4.13. The van der Waals surface area contributed by atoms with Gasteiger partial charge in [-0.25, -0.2) is 0 Å². The Morgan fingerprint density at radius 3 is 2.17 bits per heavy atom. The number of nitrogens with one attached hydrogen (secondary N) is 1. The molecule has 0 bridgehead atoms. The van der Waals surface area contributed by atoms with Crippen LogP contribution in [0.4, 0.5) is 0 Å². The van der Waals surface area contributed by atoms with Crippen LogP contribution in [0.5, 0.6) is 0 Å². The van der Waals surface area contributed by atoms with E-state index >= 15 is 0 Å². The molecule has 1 atom stereocenters. The van der Waals surface area contributed by atoms with Crippen LogP contribution in [-0.2, 0) is 16.1 Å². The number of amides is 4. The van der Waals surface area contributed by atoms with Gasteiger partial charge in [0.25, 0.3) is 11.8 Å². The van der Waals surface area contributed by atoms with Crippen LogP contribution in [0.2, 0.25) is 5.02 Å². The van der Waals surface area contributed by atoms with Crippen LogP contribution < -0.4 is 5.32 Å². The molecule has 7 nitrogen and oxygen atoms in total. The van der Waals surface area contributed by atoms with E-state index in [9.17, 15) is 19.2 Å². The largest absolute Gasteiger partial charge is 0.354 e. The molecule has 186 valence electrons. The molecule has 4 amide bonds. The van der Waals surface area contributed by atoms with Crippen LogP contribution in [0.25, 0.3) is 0 Å². The normalized spacial score (nSPS) is 13.7. The molecule has 0 saturated heterocycles. The molecular weight excluding hydrogens is 466 g/mol. The Labute approximate surface area is 211 Å². The molecule has 0 fully saturated rings. The quantitative estimate of drug-likeness (QED) is 0.469. The molecule has 0 aromatic heterocycles. The average Bonchev–Trinajstić information content (AvgIpc) is 3.08. The van der Waals surface area contributed by atoms with Gasteiger partial charge >= 0.3 is 0 Å². The Morgan fingerprint density at radius 2 is 1.60 bits per heavy atom. The van der Waals surface area contributed by atoms with Crippen molar-refractivity contribution in [3.63, 3.8) is 0 Å². The number of hydrogen-bond donors (Lipinski definition) is 1. The second-order valence-corrected chi connectivity index (χ2v) is 9.49. The molecule has 0 saturated carbocycles. The second-order valence-electron chi connectivity index (χ2n) is 9.09. The summed E-state index contributed by atoms with van der Waals surface area (Å²) in [5, 5.41) is 3.45. The van der Waals surface area contributed by atoms with E-state index in [0.717, 1.165) is 5.56 Å². The van der Waals surface area contributed by atoms with Gasteiger partial charge in [0.15, 0.2) is 0 Å². The maximum absolute atomic E-state index is 13.4. The summed E-state index contributed by atoms with van der Waals surface area (Å²) >= 11 is 6.35. The number of hydrogen-bond acceptors (Lipinski definition) is 4. The van der Waals surface area contributed by atoms with Gasteiger partial charge in [0, 0.05) is 31.1 Å². The van der Waals surface area contributed by atoms with Crippen molar-refractivity contribution in [1.82, 2.24) is 15.1 Å². The molecule has 2 aromatic rings. The number of carbonyl (C=O) groups is 4. The Morgan fingerprint density at radius 1 is 1.00 bits per heavy atom. The van der Waals surface area contributed by atoms with Crippen LogP contribution in [0.3, 0.4) is 0 Å². The Kier molecular flexibility index (Phi) is 9.04. The highest BCUT2D eigenvalue weighted by atomic mass is 35.5. The van der Waals surface area contributed by atoms with Gasteiger partial charge in [-0.1, -0.05) is 62.7 Å². The van der Waals surface area contributed by atoms with E-state index in [0.29, 0.717) is 35.5 Å². The van der Waals surface area contributed by atoms with Gasteiger partial charge in [0.05, 0.1) is 11.1 Å². The van der Waals surface area contributed by atoms with Gasteiger partial charge in [-0.05, 0) is 42.5 Å². The van der Waals surface area contributed by atoms with Crippen molar-refractivity contribution >= 4 is 35.2 Å². The van der Waals surface area contributed by atoms with Crippen LogP contribution in [0.1, 0.15) is 66.3 Å². The number of rotatable bonds is 11. The summed E-state index contributed by atoms with van der Waals surface area (Å²) in [7, 11) is 0. The molecule has 3 rings (SSSR count). The summed E-state index contributed by atoms with van der Waals surface area (Å²) in [6.07, 6.45) is 0.831. The summed E-state index contributed by atoms with van der Waals surface area (Å²) in [4.78, 5) is 54.3. The van der Waals surface area contributed by atoms with Crippen molar-refractivity contribution in [2.45, 2.75) is 52.6 Å². The summed E-state index contributed by atoms with van der Waals surface area (Å²) < 4.78 is 0. The molecule has 1 aliphatic rings. The zero-order valence-corrected chi connectivity index (χ0v) is 21.2. The average molecular weight is 498 g/mol. The molecule has 0 radical (unpaired) electrons. The van der Waals surface area contributed by atoms with E-state index in [-0.39, 0.29) is 49.1 Å². The molecule has 35 heavy (non-hydrogen) atoms. The fourth-order valence-corrected chi connectivity index (χ4v) is 4.32. The van der Waals surface area contributed by atoms with Crippen molar-refractivity contribution in [3.8, 4) is 0 Å². The lowest BCUT2D eigenvalue weighted by Gasteiger charge is -2.31. The first-order valence-electron chi connectivity index (χ1n) is 12.0. The van der Waals surface area contributed by atoms with Crippen molar-refractivity contribution < 1.29 is 19.2 Å². The lowest BCUT2D eigenvalue weighted by molar-refractivity contribution is -0.141. The van der Waals surface area contributed by atoms with Crippen molar-refractivity contribution in [3.05, 3.63) is 70.2 Å². The first kappa shape index (κ1) is 26.4. The highest BCUT2D eigenvalue weighted by Crippen LogP contribution is 2.24. The van der Waals surface area contributed by atoms with E-state index < -0.39 is 6.04 Å². The zero-order chi connectivity index (χ0) is 25.5. The minimum atomic E-state index is -0.656. The second kappa shape index (κ2) is 12.0. The highest BCUT2D eigenvalue weighted by Gasteiger charge is 2.35. The number of fused-ring (bicyclic) bond motifs is 1. The van der Waals surface area contributed by atoms with Gasteiger partial charge in [0.1, 0.15) is 6.04 Å². The van der Waals surface area contributed by atoms with E-state index in [1.165, 1.54) is 4.90 Å². The SMILES string of the molecule is CC[C@H](C(=O)NCC(C)C)N(Cc1ccccc1Cl)C(=O)CCCN1C(=O)c2ccccc2C1=O. The fraction of sp³-hybridized carbons (Fsp3) is 0.407. The third kappa shape index (κ3) is 6.28. The summed E-state index contributed by atoms with van der Waals surface area (Å²) in [6.45, 7) is 6.72. The van der Waals surface area contributed by atoms with E-state index in [1.807, 2.05) is 39.0 Å². The first-order valence-corrected chi connectivity index (χ1v) is 12.4. The topological polar surface area (TPSA) is 86.8 Å². The maximum atomic E-state index is 13.4. The number of carbonyl (C=O) groups excluding carboxylic acids is 4. The molecular formula is C27H32ClN3O4. The summed E-state index contributed by atoms with van der Waals surface area (Å²) in [5.41, 5.74) is 1.52. The predicted molar refractivity (Wildman–Crippen MR) is 135 cm³/mol. The maximum Gasteiger partial charge on any atom is 0.261 e. The van der Waals surface area contributed by atoms with E-state index in [4.69, 9.17) is 11.6 Å². The molecule has 1 N–H and O–H groups in total. The smallest absolute Gasteiger partial charge is 0.261 e. The molecule has 2 aromatic carbocycles. The Hall–Kier alpha value is -3.19. The lowest BCUT2D eigenvalue weighted by atomic mass is 10.1. The van der Waals surface area contributed by atoms with Gasteiger partial charge in [-0.3, -0.25) is 24.1 Å². The third-order valence-electron chi connectivity index (χ3n) is 6.02. The molecule has 0 spiro atoms. The number of nitrogens with zero attached hydrogens (tertiary/aromatic N) is 2. The molecule has 1 heterocycles. The number of benzene rings is 2. The first-order chi connectivity index (χ1) is 16.7. The van der Waals surface area contributed by atoms with Crippen molar-refractivity contribution in [2.75, 3.05) is 13.1 Å². The zero-order valence-electron chi connectivity index (χ0n) is 20.4. The Balaban J connectivity index is 1.71. The molecule has 0 aliphatic carbocycles. The van der Waals surface area contributed by atoms with Gasteiger partial charge < -0.3 is 10.2 Å². The monoisotopic (exact) mass is 497 g/mol. The predicted octanol–water partition coefficient (Wildman–Crippen LogP) is 4.30. The van der Waals surface area contributed by atoms with Crippen LogP contribution >= 0.6 is 11.6 Å². The van der Waals surface area contributed by atoms with Crippen molar-refractivity contribution in [1.29, 1.82) is 0 Å². The van der Waals surface area contributed by atoms with Crippen molar-refractivity contribution in [2.24, 2.45) is 5.92 Å². The Bertz CT molecular complexity index is 1070. The van der Waals surface area contributed by atoms with Crippen LogP contribution in [0, 0.1) is 5.92 Å². The van der Waals surface area contributed by atoms with E-state index in [2.05, 4.69) is 5.32 Å². The summed E-state index contributed by atoms with van der Waals surface area (Å²) in [5.74, 6) is -0.838. The number of halogens is 1. The molecule has 0 unspecified atom stereocenters. The minimum Gasteiger partial charge on any atom is -0.354 e. The molecule has 8 heteroatoms. The van der Waals surface area contributed by atoms with Gasteiger partial charge in [0.2, 0.25) is 11.8 Å².